The molecule has 9 N–H and O–H groups in total. The lowest BCUT2D eigenvalue weighted by atomic mass is 10.0. The molecule has 0 heterocycles. The highest BCUT2D eigenvalue weighted by molar-refractivity contribution is 5.93. The van der Waals surface area contributed by atoms with Gasteiger partial charge in [0.25, 0.3) is 0 Å². The van der Waals surface area contributed by atoms with Crippen LogP contribution in [0.15, 0.2) is 30.3 Å². The van der Waals surface area contributed by atoms with Crippen molar-refractivity contribution in [3.05, 3.63) is 35.9 Å². The van der Waals surface area contributed by atoms with Crippen LogP contribution in [0, 0.1) is 0 Å². The van der Waals surface area contributed by atoms with Gasteiger partial charge in [-0.3, -0.25) is 14.4 Å². The monoisotopic (exact) mass is 407 g/mol. The van der Waals surface area contributed by atoms with Crippen LogP contribution < -0.4 is 27.8 Å². The molecule has 0 bridgehead atoms. The van der Waals surface area contributed by atoms with Gasteiger partial charge in [0, 0.05) is 6.42 Å². The predicted octanol–water partition coefficient (Wildman–Crippen LogP) is -1.38. The Morgan fingerprint density at radius 2 is 1.59 bits per heavy atom. The first-order chi connectivity index (χ1) is 13.7. The number of nitrogens with one attached hydrogen (secondary N) is 2. The van der Waals surface area contributed by atoms with Crippen LogP contribution >= 0.6 is 0 Å². The summed E-state index contributed by atoms with van der Waals surface area (Å²) in [6.45, 7) is 0.421. The van der Waals surface area contributed by atoms with E-state index in [1.54, 1.807) is 30.3 Å². The second kappa shape index (κ2) is 12.5. The molecule has 29 heavy (non-hydrogen) atoms. The van der Waals surface area contributed by atoms with E-state index in [2.05, 4.69) is 10.6 Å². The smallest absolute Gasteiger partial charge is 0.326 e. The highest BCUT2D eigenvalue weighted by Gasteiger charge is 2.28. The van der Waals surface area contributed by atoms with E-state index in [0.29, 0.717) is 19.4 Å². The molecule has 0 saturated carbocycles. The van der Waals surface area contributed by atoms with Crippen LogP contribution in [0.3, 0.4) is 0 Å². The maximum atomic E-state index is 12.7. The standard InChI is InChI=1S/C19H29N5O5/c20-9-5-4-8-14(19(28)29)23-18(27)15(10-12-6-2-1-3-7-12)24-17(26)13(21)11-16(22)25/h1-3,6-7,13-15H,4-5,8-11,20-21H2,(H2,22,25)(H,23,27)(H,24,26)(H,28,29). The van der Waals surface area contributed by atoms with Crippen LogP contribution in [-0.4, -0.2) is 53.5 Å². The maximum absolute atomic E-state index is 12.7. The lowest BCUT2D eigenvalue weighted by Gasteiger charge is -2.23. The van der Waals surface area contributed by atoms with Crippen molar-refractivity contribution in [2.75, 3.05) is 6.54 Å². The fourth-order valence-corrected chi connectivity index (χ4v) is 2.67. The van der Waals surface area contributed by atoms with Gasteiger partial charge in [0.05, 0.1) is 12.5 Å². The molecule has 0 aliphatic rings. The van der Waals surface area contributed by atoms with E-state index in [9.17, 15) is 24.3 Å². The molecule has 1 rings (SSSR count). The Morgan fingerprint density at radius 1 is 0.966 bits per heavy atom. The second-order valence-corrected chi connectivity index (χ2v) is 6.71. The molecule has 10 nitrogen and oxygen atoms in total. The van der Waals surface area contributed by atoms with E-state index >= 15 is 0 Å². The summed E-state index contributed by atoms with van der Waals surface area (Å²) in [6.07, 6.45) is 1.13. The predicted molar refractivity (Wildman–Crippen MR) is 106 cm³/mol. The summed E-state index contributed by atoms with van der Waals surface area (Å²) in [5.74, 6) is -3.31. The van der Waals surface area contributed by atoms with Gasteiger partial charge in [-0.1, -0.05) is 30.3 Å². The number of carboxylic acids is 1. The molecule has 0 fully saturated rings. The van der Waals surface area contributed by atoms with Crippen LogP contribution in [0.5, 0.6) is 0 Å². The number of benzene rings is 1. The molecule has 0 saturated heterocycles. The van der Waals surface area contributed by atoms with Gasteiger partial charge in [-0.25, -0.2) is 4.79 Å². The average Bonchev–Trinajstić information content (AvgIpc) is 2.66. The van der Waals surface area contributed by atoms with Gasteiger partial charge in [-0.15, -0.1) is 0 Å². The molecule has 10 heteroatoms. The third kappa shape index (κ3) is 9.17. The zero-order valence-corrected chi connectivity index (χ0v) is 16.2. The average molecular weight is 407 g/mol. The SMILES string of the molecule is NCCCCC(NC(=O)C(Cc1ccccc1)NC(=O)C(N)CC(N)=O)C(=O)O. The lowest BCUT2D eigenvalue weighted by Crippen LogP contribution is -2.55. The zero-order valence-electron chi connectivity index (χ0n) is 16.2. The Hall–Kier alpha value is -2.98. The third-order valence-corrected chi connectivity index (χ3v) is 4.24. The van der Waals surface area contributed by atoms with Crippen LogP contribution in [-0.2, 0) is 25.6 Å². The second-order valence-electron chi connectivity index (χ2n) is 6.71. The molecule has 0 aliphatic heterocycles. The van der Waals surface area contributed by atoms with Crippen molar-refractivity contribution in [3.63, 3.8) is 0 Å². The normalized spacial score (nSPS) is 13.7. The van der Waals surface area contributed by atoms with Crippen molar-refractivity contribution in [1.29, 1.82) is 0 Å². The summed E-state index contributed by atoms with van der Waals surface area (Å²) in [5.41, 5.74) is 16.9. The fourth-order valence-electron chi connectivity index (χ4n) is 2.67. The van der Waals surface area contributed by atoms with E-state index in [-0.39, 0.29) is 19.3 Å². The number of rotatable bonds is 13. The van der Waals surface area contributed by atoms with Crippen molar-refractivity contribution in [3.8, 4) is 0 Å². The van der Waals surface area contributed by atoms with Crippen molar-refractivity contribution < 1.29 is 24.3 Å². The van der Waals surface area contributed by atoms with Gasteiger partial charge in [0.2, 0.25) is 17.7 Å². The minimum Gasteiger partial charge on any atom is -0.480 e. The van der Waals surface area contributed by atoms with Gasteiger partial charge >= 0.3 is 5.97 Å². The number of hydrogen-bond donors (Lipinski definition) is 6. The molecule has 3 unspecified atom stereocenters. The maximum Gasteiger partial charge on any atom is 0.326 e. The summed E-state index contributed by atoms with van der Waals surface area (Å²) >= 11 is 0. The lowest BCUT2D eigenvalue weighted by molar-refractivity contribution is -0.142. The molecular formula is C19H29N5O5. The molecular weight excluding hydrogens is 378 g/mol. The summed E-state index contributed by atoms with van der Waals surface area (Å²) in [7, 11) is 0. The summed E-state index contributed by atoms with van der Waals surface area (Å²) < 4.78 is 0. The van der Waals surface area contributed by atoms with Crippen LogP contribution in [0.25, 0.3) is 0 Å². The number of nitrogens with two attached hydrogens (primary N) is 3. The molecule has 160 valence electrons. The number of unbranched alkanes of at least 4 members (excludes halogenated alkanes) is 1. The molecule has 0 aliphatic carbocycles. The quantitative estimate of drug-likeness (QED) is 0.217. The summed E-state index contributed by atoms with van der Waals surface area (Å²) in [6, 6.07) is 5.51. The van der Waals surface area contributed by atoms with Gasteiger partial charge < -0.3 is 32.9 Å². The van der Waals surface area contributed by atoms with E-state index < -0.39 is 41.8 Å². The van der Waals surface area contributed by atoms with Gasteiger partial charge in [0.15, 0.2) is 0 Å². The summed E-state index contributed by atoms with van der Waals surface area (Å²) in [5, 5.41) is 14.3. The number of primary amides is 1. The first kappa shape index (κ1) is 24.1. The topological polar surface area (TPSA) is 191 Å². The summed E-state index contributed by atoms with van der Waals surface area (Å²) in [4.78, 5) is 47.4. The number of hydrogen-bond acceptors (Lipinski definition) is 6. The Morgan fingerprint density at radius 3 is 2.14 bits per heavy atom. The van der Waals surface area contributed by atoms with Crippen molar-refractivity contribution in [1.82, 2.24) is 10.6 Å². The van der Waals surface area contributed by atoms with E-state index in [0.717, 1.165) is 5.56 Å². The van der Waals surface area contributed by atoms with Crippen LogP contribution in [0.2, 0.25) is 0 Å². The number of carbonyl (C=O) groups excluding carboxylic acids is 3. The Labute approximate surface area is 169 Å². The van der Waals surface area contributed by atoms with E-state index in [1.807, 2.05) is 0 Å². The third-order valence-electron chi connectivity index (χ3n) is 4.24. The Kier molecular flexibility index (Phi) is 10.3. The molecule has 3 atom stereocenters. The van der Waals surface area contributed by atoms with E-state index in [1.165, 1.54) is 0 Å². The molecule has 1 aromatic rings. The van der Waals surface area contributed by atoms with Gasteiger partial charge in [0.1, 0.15) is 12.1 Å². The molecule has 3 amide bonds. The zero-order chi connectivity index (χ0) is 21.8. The highest BCUT2D eigenvalue weighted by Crippen LogP contribution is 2.06. The molecule has 1 aromatic carbocycles. The molecule has 0 spiro atoms. The fraction of sp³-hybridized carbons (Fsp3) is 0.474. The number of aliphatic carboxylic acids is 1. The molecule has 0 aromatic heterocycles. The van der Waals surface area contributed by atoms with Crippen molar-refractivity contribution in [2.45, 2.75) is 50.2 Å². The van der Waals surface area contributed by atoms with Crippen LogP contribution in [0.1, 0.15) is 31.2 Å². The Balaban J connectivity index is 2.90. The number of amides is 3. The molecule has 0 radical (unpaired) electrons. The minimum atomic E-state index is -1.21. The van der Waals surface area contributed by atoms with Crippen molar-refractivity contribution >= 4 is 23.7 Å². The Bertz CT molecular complexity index is 697. The minimum absolute atomic E-state index is 0.122. The highest BCUT2D eigenvalue weighted by atomic mass is 16.4. The first-order valence-electron chi connectivity index (χ1n) is 9.36. The van der Waals surface area contributed by atoms with Crippen LogP contribution in [0.4, 0.5) is 0 Å². The number of carbonyl (C=O) groups is 4. The first-order valence-corrected chi connectivity index (χ1v) is 9.36. The number of carboxylic acid groups (broad SMARTS) is 1. The van der Waals surface area contributed by atoms with E-state index in [4.69, 9.17) is 17.2 Å². The van der Waals surface area contributed by atoms with Gasteiger partial charge in [-0.2, -0.15) is 0 Å². The van der Waals surface area contributed by atoms with Crippen molar-refractivity contribution in [2.24, 2.45) is 17.2 Å². The van der Waals surface area contributed by atoms with Gasteiger partial charge in [-0.05, 0) is 31.4 Å². The largest absolute Gasteiger partial charge is 0.480 e.